The van der Waals surface area contributed by atoms with Crippen LogP contribution in [0.2, 0.25) is 0 Å². The first-order valence-corrected chi connectivity index (χ1v) is 5.86. The van der Waals surface area contributed by atoms with E-state index < -0.39 is 6.10 Å². The Labute approximate surface area is 86.1 Å². The standard InChI is InChI=1S/C9H18N2O2P/c1-4-7-9(12)5(2)8(11-14-10)6(3)13-7/h5-10,12H,4H2,1-3H3/q+1/t5-,6+,7?,8?,9+/m1/s1. The number of rotatable bonds is 2. The molecule has 1 heterocycles. The van der Waals surface area contributed by atoms with Gasteiger partial charge in [-0.1, -0.05) is 0 Å². The van der Waals surface area contributed by atoms with Crippen molar-refractivity contribution in [3.05, 3.63) is 0 Å². The Bertz CT molecular complexity index is 243. The van der Waals surface area contributed by atoms with Crippen LogP contribution in [0.4, 0.5) is 0 Å². The first-order valence-electron chi connectivity index (χ1n) is 5.01. The molecule has 1 fully saturated rings. The van der Waals surface area contributed by atoms with Gasteiger partial charge in [0, 0.05) is 0 Å². The van der Waals surface area contributed by atoms with Gasteiger partial charge in [0.1, 0.15) is 0 Å². The molecular weight excluding hydrogens is 199 g/mol. The zero-order chi connectivity index (χ0) is 10.7. The fourth-order valence-corrected chi connectivity index (χ4v) is 2.54. The predicted octanol–water partition coefficient (Wildman–Crippen LogP) is 2.44. The van der Waals surface area contributed by atoms with Gasteiger partial charge in [-0.25, -0.2) is 0 Å². The van der Waals surface area contributed by atoms with Crippen LogP contribution in [-0.2, 0) is 4.74 Å². The van der Waals surface area contributed by atoms with Crippen LogP contribution in [0, 0.1) is 11.1 Å². The Hall–Kier alpha value is -0.0500. The zero-order valence-electron chi connectivity index (χ0n) is 8.84. The molecule has 2 unspecified atom stereocenters. The molecule has 0 saturated carbocycles. The second kappa shape index (κ2) is 5.15. The second-order valence-corrected chi connectivity index (χ2v) is 4.27. The number of ether oxygens (including phenoxy) is 1. The molecule has 2 N–H and O–H groups in total. The van der Waals surface area contributed by atoms with Crippen molar-refractivity contribution in [1.82, 2.24) is 0 Å². The third-order valence-electron chi connectivity index (χ3n) is 2.92. The van der Waals surface area contributed by atoms with Gasteiger partial charge < -0.3 is 0 Å². The molecule has 0 aromatic carbocycles. The summed E-state index contributed by atoms with van der Waals surface area (Å²) in [6.07, 6.45) is 0.304. The zero-order valence-corrected chi connectivity index (χ0v) is 9.74. The second-order valence-electron chi connectivity index (χ2n) is 3.84. The van der Waals surface area contributed by atoms with Crippen LogP contribution in [0.1, 0.15) is 27.2 Å². The summed E-state index contributed by atoms with van der Waals surface area (Å²) < 4.78 is 9.77. The van der Waals surface area contributed by atoms with E-state index >= 15 is 0 Å². The normalized spacial score (nSPS) is 43.3. The Morgan fingerprint density at radius 1 is 1.50 bits per heavy atom. The predicted molar refractivity (Wildman–Crippen MR) is 55.7 cm³/mol. The fraction of sp³-hybridized carbons (Fsp3) is 1.00. The van der Waals surface area contributed by atoms with Gasteiger partial charge in [-0.05, 0) is 0 Å². The molecule has 80 valence electrons. The molecule has 5 heteroatoms. The van der Waals surface area contributed by atoms with E-state index in [2.05, 4.69) is 4.74 Å². The van der Waals surface area contributed by atoms with Crippen LogP contribution in [0.3, 0.4) is 0 Å². The average molecular weight is 217 g/mol. The number of nitrogens with zero attached hydrogens (tertiary/aromatic N) is 1. The van der Waals surface area contributed by atoms with Crippen molar-refractivity contribution in [3.63, 3.8) is 0 Å². The summed E-state index contributed by atoms with van der Waals surface area (Å²) in [6.45, 7) is 5.95. The average Bonchev–Trinajstić information content (AvgIpc) is 2.18. The van der Waals surface area contributed by atoms with Gasteiger partial charge in [-0.15, -0.1) is 0 Å². The topological polar surface area (TPSA) is 65.7 Å². The molecule has 1 saturated heterocycles. The van der Waals surface area contributed by atoms with E-state index in [4.69, 9.17) is 9.90 Å². The van der Waals surface area contributed by atoms with Crippen LogP contribution in [-0.4, -0.2) is 29.5 Å². The van der Waals surface area contributed by atoms with Gasteiger partial charge >= 0.3 is 85.4 Å². The summed E-state index contributed by atoms with van der Waals surface area (Å²) in [5.41, 5.74) is 0. The van der Waals surface area contributed by atoms with Crippen molar-refractivity contribution in [2.75, 3.05) is 0 Å². The summed E-state index contributed by atoms with van der Waals surface area (Å²) in [4.78, 5) is 0. The van der Waals surface area contributed by atoms with Crippen molar-refractivity contribution in [2.45, 2.75) is 51.5 Å². The number of hydrogen-bond acceptors (Lipinski definition) is 4. The Kier molecular flexibility index (Phi) is 4.42. The third kappa shape index (κ3) is 2.30. The Morgan fingerprint density at radius 2 is 2.14 bits per heavy atom. The van der Waals surface area contributed by atoms with Gasteiger partial charge in [0.25, 0.3) is 0 Å². The van der Waals surface area contributed by atoms with Crippen LogP contribution in [0.15, 0.2) is 4.74 Å². The summed E-state index contributed by atoms with van der Waals surface area (Å²) in [5, 5.41) is 17.0. The summed E-state index contributed by atoms with van der Waals surface area (Å²) in [7, 11) is 0.269. The number of hydrogen-bond donors (Lipinski definition) is 2. The molecule has 0 aromatic rings. The SMILES string of the molecule is CCC1O[C@@H](C)C(N=[P+]=N)[C@@H](C)[C@@H]1O. The molecule has 0 aliphatic carbocycles. The molecule has 0 bridgehead atoms. The molecule has 0 spiro atoms. The minimum absolute atomic E-state index is 0.0104. The van der Waals surface area contributed by atoms with Gasteiger partial charge in [0.15, 0.2) is 0 Å². The fourth-order valence-electron chi connectivity index (χ4n) is 2.01. The minimum atomic E-state index is -0.452. The van der Waals surface area contributed by atoms with E-state index in [9.17, 15) is 5.11 Å². The number of nitrogens with one attached hydrogen (secondary N) is 1. The van der Waals surface area contributed by atoms with E-state index in [0.717, 1.165) is 6.42 Å². The maximum atomic E-state index is 9.90. The van der Waals surface area contributed by atoms with Gasteiger partial charge in [0.2, 0.25) is 0 Å². The molecule has 0 radical (unpaired) electrons. The summed E-state index contributed by atoms with van der Waals surface area (Å²) >= 11 is 0. The van der Waals surface area contributed by atoms with Gasteiger partial charge in [0.05, 0.1) is 0 Å². The van der Waals surface area contributed by atoms with E-state index in [1.54, 1.807) is 0 Å². The summed E-state index contributed by atoms with van der Waals surface area (Å²) in [5.74, 6) is 0.0848. The molecule has 4 nitrogen and oxygen atoms in total. The van der Waals surface area contributed by atoms with E-state index in [1.807, 2.05) is 20.8 Å². The molecule has 14 heavy (non-hydrogen) atoms. The molecule has 1 rings (SSSR count). The van der Waals surface area contributed by atoms with E-state index in [0.29, 0.717) is 0 Å². The monoisotopic (exact) mass is 217 g/mol. The summed E-state index contributed by atoms with van der Waals surface area (Å²) in [6, 6.07) is -0.0491. The van der Waals surface area contributed by atoms with Crippen molar-refractivity contribution >= 4 is 8.16 Å². The quantitative estimate of drug-likeness (QED) is 0.697. The number of aliphatic hydroxyl groups is 1. The molecule has 0 amide bonds. The molecule has 1 aliphatic rings. The molecule has 5 atom stereocenters. The maximum absolute atomic E-state index is 9.90. The van der Waals surface area contributed by atoms with Gasteiger partial charge in [-0.2, -0.15) is 0 Å². The van der Waals surface area contributed by atoms with Crippen LogP contribution in [0.5, 0.6) is 0 Å². The first kappa shape index (κ1) is 12.0. The van der Waals surface area contributed by atoms with Crippen LogP contribution < -0.4 is 0 Å². The van der Waals surface area contributed by atoms with E-state index in [1.165, 1.54) is 0 Å². The molecular formula is C9H18N2O2P+. The van der Waals surface area contributed by atoms with Crippen molar-refractivity contribution in [2.24, 2.45) is 10.7 Å². The van der Waals surface area contributed by atoms with Crippen LogP contribution in [0.25, 0.3) is 0 Å². The van der Waals surface area contributed by atoms with Crippen molar-refractivity contribution in [3.8, 4) is 0 Å². The third-order valence-corrected chi connectivity index (χ3v) is 3.30. The Balaban J connectivity index is 2.78. The van der Waals surface area contributed by atoms with Crippen LogP contribution >= 0.6 is 8.16 Å². The molecule has 0 aromatic heterocycles. The molecule has 1 aliphatic heterocycles. The number of aliphatic hydroxyl groups excluding tert-OH is 1. The van der Waals surface area contributed by atoms with Crippen molar-refractivity contribution < 1.29 is 9.84 Å². The van der Waals surface area contributed by atoms with Gasteiger partial charge in [-0.3, -0.25) is 0 Å². The van der Waals surface area contributed by atoms with Crippen molar-refractivity contribution in [1.29, 1.82) is 5.16 Å². The van der Waals surface area contributed by atoms with E-state index in [-0.39, 0.29) is 32.3 Å². The Morgan fingerprint density at radius 3 is 2.64 bits per heavy atom. The first-order chi connectivity index (χ1) is 6.61.